The van der Waals surface area contributed by atoms with Crippen LogP contribution in [0.3, 0.4) is 0 Å². The number of carbonyl (C=O) groups is 3. The number of halogens is 1. The summed E-state index contributed by atoms with van der Waals surface area (Å²) in [6.07, 6.45) is 3.12. The van der Waals surface area contributed by atoms with Crippen molar-refractivity contribution in [3.63, 3.8) is 0 Å². The van der Waals surface area contributed by atoms with Crippen molar-refractivity contribution in [2.24, 2.45) is 0 Å². The molecule has 0 fully saturated rings. The lowest BCUT2D eigenvalue weighted by Gasteiger charge is -2.17. The largest absolute Gasteiger partial charge is 0.302 e. The fraction of sp³-hybridized carbons (Fsp3) is 0.0400. The van der Waals surface area contributed by atoms with E-state index in [4.69, 9.17) is 0 Å². The number of rotatable bonds is 5. The number of nitrogens with zero attached hydrogens (tertiary/aromatic N) is 3. The summed E-state index contributed by atoms with van der Waals surface area (Å²) < 4.78 is 15.7. The second kappa shape index (κ2) is 7.70. The van der Waals surface area contributed by atoms with E-state index in [9.17, 15) is 18.8 Å². The van der Waals surface area contributed by atoms with Crippen LogP contribution >= 0.6 is 0 Å². The number of fused-ring (bicyclic) bond motifs is 1. The molecule has 6 nitrogen and oxygen atoms in total. The molecule has 32 heavy (non-hydrogen) atoms. The normalized spacial score (nSPS) is 12.8. The van der Waals surface area contributed by atoms with E-state index in [-0.39, 0.29) is 17.9 Å². The van der Waals surface area contributed by atoms with Gasteiger partial charge in [0.15, 0.2) is 5.78 Å². The van der Waals surface area contributed by atoms with Crippen molar-refractivity contribution in [1.82, 2.24) is 14.5 Å². The molecule has 0 N–H and O–H groups in total. The summed E-state index contributed by atoms with van der Waals surface area (Å²) in [7, 11) is 0. The van der Waals surface area contributed by atoms with Crippen LogP contribution in [0.1, 0.15) is 42.5 Å². The number of hydrogen-bond acceptors (Lipinski definition) is 4. The van der Waals surface area contributed by atoms with Crippen molar-refractivity contribution >= 4 is 17.6 Å². The van der Waals surface area contributed by atoms with Crippen LogP contribution in [0, 0.1) is 5.82 Å². The second-order valence-electron chi connectivity index (χ2n) is 7.31. The summed E-state index contributed by atoms with van der Waals surface area (Å²) in [6, 6.07) is 19.1. The van der Waals surface area contributed by atoms with Crippen LogP contribution in [0.15, 0.2) is 85.2 Å². The quantitative estimate of drug-likeness (QED) is 0.357. The Morgan fingerprint density at radius 2 is 1.53 bits per heavy atom. The maximum Gasteiger partial charge on any atom is 0.261 e. The topological polar surface area (TPSA) is 72.3 Å². The highest BCUT2D eigenvalue weighted by molar-refractivity contribution is 6.21. The Morgan fingerprint density at radius 3 is 2.22 bits per heavy atom. The molecule has 4 aromatic rings. The number of aromatic nitrogens is 2. The van der Waals surface area contributed by atoms with Gasteiger partial charge in [0.2, 0.25) is 0 Å². The fourth-order valence-corrected chi connectivity index (χ4v) is 3.84. The molecule has 0 bridgehead atoms. The summed E-state index contributed by atoms with van der Waals surface area (Å²) >= 11 is 0. The number of imidazole rings is 1. The van der Waals surface area contributed by atoms with Crippen molar-refractivity contribution in [2.45, 2.75) is 6.54 Å². The number of benzene rings is 3. The first kappa shape index (κ1) is 19.6. The zero-order valence-corrected chi connectivity index (χ0v) is 16.7. The van der Waals surface area contributed by atoms with E-state index < -0.39 is 17.6 Å². The van der Waals surface area contributed by atoms with Gasteiger partial charge in [-0.15, -0.1) is 0 Å². The molecular weight excluding hydrogens is 409 g/mol. The highest BCUT2D eigenvalue weighted by atomic mass is 19.1. The molecule has 0 radical (unpaired) electrons. The molecule has 5 rings (SSSR count). The molecule has 1 aromatic heterocycles. The van der Waals surface area contributed by atoms with E-state index in [2.05, 4.69) is 4.98 Å². The van der Waals surface area contributed by atoms with Crippen molar-refractivity contribution in [1.29, 1.82) is 0 Å². The molecule has 1 aliphatic heterocycles. The maximum absolute atomic E-state index is 14.1. The highest BCUT2D eigenvalue weighted by Crippen LogP contribution is 2.26. The molecule has 0 saturated carbocycles. The number of imide groups is 1. The third kappa shape index (κ3) is 3.20. The molecule has 0 saturated heterocycles. The van der Waals surface area contributed by atoms with Crippen LogP contribution in [0.2, 0.25) is 0 Å². The van der Waals surface area contributed by atoms with E-state index >= 15 is 0 Å². The SMILES string of the molecule is O=C(c1ccccc1)c1cc(F)ccc1-n1ccnc1CN1C(=O)c2ccccc2C1=O. The molecule has 0 aliphatic carbocycles. The van der Waals surface area contributed by atoms with E-state index in [1.54, 1.807) is 65.4 Å². The lowest BCUT2D eigenvalue weighted by molar-refractivity contribution is 0.0637. The molecule has 2 amide bonds. The monoisotopic (exact) mass is 425 g/mol. The first-order chi connectivity index (χ1) is 15.5. The third-order valence-electron chi connectivity index (χ3n) is 5.39. The van der Waals surface area contributed by atoms with Crippen LogP contribution < -0.4 is 0 Å². The summed E-state index contributed by atoms with van der Waals surface area (Å²) in [6.45, 7) is -0.0876. The van der Waals surface area contributed by atoms with Gasteiger partial charge in [0.1, 0.15) is 11.6 Å². The number of ketones is 1. The first-order valence-electron chi connectivity index (χ1n) is 9.91. The van der Waals surface area contributed by atoms with E-state index in [0.29, 0.717) is 28.2 Å². The number of carbonyl (C=O) groups excluding carboxylic acids is 3. The minimum atomic E-state index is -0.546. The van der Waals surface area contributed by atoms with Gasteiger partial charge in [-0.1, -0.05) is 42.5 Å². The predicted octanol–water partition coefficient (Wildman–Crippen LogP) is 4.04. The van der Waals surface area contributed by atoms with Crippen LogP contribution in [0.25, 0.3) is 5.69 Å². The summed E-state index contributed by atoms with van der Waals surface area (Å²) in [5.41, 5.74) is 1.67. The number of amides is 2. The lowest BCUT2D eigenvalue weighted by Crippen LogP contribution is -2.30. The van der Waals surface area contributed by atoms with Gasteiger partial charge in [-0.3, -0.25) is 19.3 Å². The average molecular weight is 425 g/mol. The Balaban J connectivity index is 1.53. The van der Waals surface area contributed by atoms with Gasteiger partial charge in [-0.2, -0.15) is 0 Å². The molecule has 3 aromatic carbocycles. The van der Waals surface area contributed by atoms with Crippen LogP contribution in [-0.2, 0) is 6.54 Å². The maximum atomic E-state index is 14.1. The molecule has 0 spiro atoms. The molecule has 0 unspecified atom stereocenters. The highest BCUT2D eigenvalue weighted by Gasteiger charge is 2.36. The van der Waals surface area contributed by atoms with Gasteiger partial charge < -0.3 is 4.57 Å². The summed E-state index contributed by atoms with van der Waals surface area (Å²) in [5, 5.41) is 0. The molecule has 7 heteroatoms. The Labute approximate surface area is 182 Å². The molecule has 0 atom stereocenters. The standard InChI is InChI=1S/C25H16FN3O3/c26-17-10-11-21(20(14-17)23(30)16-6-2-1-3-7-16)28-13-12-27-22(28)15-29-24(31)18-8-4-5-9-19(18)25(29)32/h1-14H,15H2. The van der Waals surface area contributed by atoms with Crippen molar-refractivity contribution in [2.75, 3.05) is 0 Å². The summed E-state index contributed by atoms with van der Waals surface area (Å²) in [5.74, 6) is -1.33. The minimum absolute atomic E-state index is 0.0876. The second-order valence-corrected chi connectivity index (χ2v) is 7.31. The smallest absolute Gasteiger partial charge is 0.261 e. The first-order valence-corrected chi connectivity index (χ1v) is 9.91. The van der Waals surface area contributed by atoms with Gasteiger partial charge in [-0.05, 0) is 30.3 Å². The van der Waals surface area contributed by atoms with E-state index in [1.165, 1.54) is 24.4 Å². The van der Waals surface area contributed by atoms with Gasteiger partial charge >= 0.3 is 0 Å². The fourth-order valence-electron chi connectivity index (χ4n) is 3.84. The Kier molecular flexibility index (Phi) is 4.71. The van der Waals surface area contributed by atoms with Gasteiger partial charge in [-0.25, -0.2) is 9.37 Å². The van der Waals surface area contributed by atoms with Gasteiger partial charge in [0, 0.05) is 23.5 Å². The van der Waals surface area contributed by atoms with Crippen LogP contribution in [-0.4, -0.2) is 32.0 Å². The minimum Gasteiger partial charge on any atom is -0.302 e. The summed E-state index contributed by atoms with van der Waals surface area (Å²) in [4.78, 5) is 44.0. The Hall–Kier alpha value is -4.39. The molecule has 2 heterocycles. The average Bonchev–Trinajstić information content (AvgIpc) is 3.38. The molecular formula is C25H16FN3O3. The van der Waals surface area contributed by atoms with E-state index in [1.807, 2.05) is 0 Å². The van der Waals surface area contributed by atoms with Crippen molar-refractivity contribution in [3.05, 3.63) is 119 Å². The third-order valence-corrected chi connectivity index (χ3v) is 5.39. The molecule has 156 valence electrons. The van der Waals surface area contributed by atoms with Gasteiger partial charge in [0.05, 0.1) is 23.4 Å². The molecule has 1 aliphatic rings. The van der Waals surface area contributed by atoms with Gasteiger partial charge in [0.25, 0.3) is 11.8 Å². The Bertz CT molecular complexity index is 1340. The lowest BCUT2D eigenvalue weighted by atomic mass is 10.0. The number of hydrogen-bond donors (Lipinski definition) is 0. The predicted molar refractivity (Wildman–Crippen MR) is 114 cm³/mol. The van der Waals surface area contributed by atoms with E-state index in [0.717, 1.165) is 4.90 Å². The van der Waals surface area contributed by atoms with Crippen LogP contribution in [0.4, 0.5) is 4.39 Å². The van der Waals surface area contributed by atoms with Crippen LogP contribution in [0.5, 0.6) is 0 Å². The van der Waals surface area contributed by atoms with Crippen molar-refractivity contribution in [3.8, 4) is 5.69 Å². The Morgan fingerprint density at radius 1 is 0.875 bits per heavy atom. The van der Waals surface area contributed by atoms with Crippen molar-refractivity contribution < 1.29 is 18.8 Å². The zero-order chi connectivity index (χ0) is 22.2. The zero-order valence-electron chi connectivity index (χ0n) is 16.7.